The second-order valence-corrected chi connectivity index (χ2v) is 4.27. The first-order valence-corrected chi connectivity index (χ1v) is 5.62. The highest BCUT2D eigenvalue weighted by atomic mass is 35.5. The van der Waals surface area contributed by atoms with E-state index in [1.807, 2.05) is 0 Å². The van der Waals surface area contributed by atoms with Crippen molar-refractivity contribution >= 4 is 37.2 Å². The fourth-order valence-corrected chi connectivity index (χ4v) is 2.16. The summed E-state index contributed by atoms with van der Waals surface area (Å²) in [4.78, 5) is 2.52. The molecular weight excluding hydrogens is 284 g/mol. The minimum Gasteiger partial charge on any atom is -0.379 e. The van der Waals surface area contributed by atoms with Crippen LogP contribution in [-0.2, 0) is 4.74 Å². The molecule has 2 rings (SSSR count). The van der Waals surface area contributed by atoms with Crippen molar-refractivity contribution in [2.24, 2.45) is 0 Å². The van der Waals surface area contributed by atoms with Crippen molar-refractivity contribution < 1.29 is 4.74 Å². The number of nitrogens with one attached hydrogen (secondary N) is 2. The van der Waals surface area contributed by atoms with E-state index in [9.17, 15) is 0 Å². The summed E-state index contributed by atoms with van der Waals surface area (Å²) in [6.45, 7) is 9.57. The normalized spacial score (nSPS) is 29.5. The molecule has 17 heavy (non-hydrogen) atoms. The van der Waals surface area contributed by atoms with E-state index in [1.54, 1.807) is 0 Å². The van der Waals surface area contributed by atoms with Gasteiger partial charge in [-0.25, -0.2) is 0 Å². The van der Waals surface area contributed by atoms with Crippen molar-refractivity contribution in [1.29, 1.82) is 0 Å². The van der Waals surface area contributed by atoms with Gasteiger partial charge in [0.25, 0.3) is 0 Å². The van der Waals surface area contributed by atoms with Crippen LogP contribution in [0.2, 0.25) is 0 Å². The molecule has 0 saturated carbocycles. The molecule has 2 atom stereocenters. The van der Waals surface area contributed by atoms with Gasteiger partial charge in [0.1, 0.15) is 0 Å². The van der Waals surface area contributed by atoms with E-state index in [1.165, 1.54) is 0 Å². The average Bonchev–Trinajstić information content (AvgIpc) is 2.23. The lowest BCUT2D eigenvalue weighted by atomic mass is 10.2. The van der Waals surface area contributed by atoms with Gasteiger partial charge in [0, 0.05) is 44.8 Å². The highest BCUT2D eigenvalue weighted by Crippen LogP contribution is 2.06. The van der Waals surface area contributed by atoms with Crippen molar-refractivity contribution in [3.8, 4) is 0 Å². The van der Waals surface area contributed by atoms with E-state index < -0.39 is 0 Å². The van der Waals surface area contributed by atoms with Gasteiger partial charge in [-0.15, -0.1) is 37.2 Å². The van der Waals surface area contributed by atoms with Crippen LogP contribution >= 0.6 is 37.2 Å². The van der Waals surface area contributed by atoms with Gasteiger partial charge in [0.2, 0.25) is 0 Å². The Morgan fingerprint density at radius 2 is 2.00 bits per heavy atom. The molecule has 106 valence electrons. The molecule has 0 aromatic rings. The summed E-state index contributed by atoms with van der Waals surface area (Å²) >= 11 is 0. The Hall–Kier alpha value is 0.710. The highest BCUT2D eigenvalue weighted by Gasteiger charge is 2.22. The first kappa shape index (κ1) is 20.0. The van der Waals surface area contributed by atoms with E-state index >= 15 is 0 Å². The van der Waals surface area contributed by atoms with Gasteiger partial charge >= 0.3 is 0 Å². The second kappa shape index (κ2) is 10.6. The zero-order valence-corrected chi connectivity index (χ0v) is 12.6. The van der Waals surface area contributed by atoms with Crippen LogP contribution in [0.15, 0.2) is 0 Å². The first-order valence-electron chi connectivity index (χ1n) is 5.62. The summed E-state index contributed by atoms with van der Waals surface area (Å²) in [5, 5.41) is 6.96. The predicted octanol–water partition coefficient (Wildman–Crippen LogP) is 0.534. The van der Waals surface area contributed by atoms with Crippen molar-refractivity contribution in [3.63, 3.8) is 0 Å². The maximum atomic E-state index is 5.42. The van der Waals surface area contributed by atoms with Crippen molar-refractivity contribution in [1.82, 2.24) is 15.5 Å². The lowest BCUT2D eigenvalue weighted by Crippen LogP contribution is -2.56. The van der Waals surface area contributed by atoms with Crippen molar-refractivity contribution in [3.05, 3.63) is 0 Å². The van der Waals surface area contributed by atoms with Crippen molar-refractivity contribution in [2.45, 2.75) is 19.0 Å². The van der Waals surface area contributed by atoms with Crippen molar-refractivity contribution in [2.75, 3.05) is 45.9 Å². The topological polar surface area (TPSA) is 36.5 Å². The highest BCUT2D eigenvalue weighted by molar-refractivity contribution is 5.86. The summed E-state index contributed by atoms with van der Waals surface area (Å²) < 4.78 is 5.42. The molecular formula is C10H24Cl3N3O. The molecule has 0 spiro atoms. The smallest absolute Gasteiger partial charge is 0.0619 e. The third-order valence-electron chi connectivity index (χ3n) is 3.09. The molecule has 2 fully saturated rings. The summed E-state index contributed by atoms with van der Waals surface area (Å²) in [7, 11) is 0. The van der Waals surface area contributed by atoms with Gasteiger partial charge in [0.15, 0.2) is 0 Å². The van der Waals surface area contributed by atoms with Gasteiger partial charge in [0.05, 0.1) is 13.2 Å². The number of rotatable bonds is 2. The summed E-state index contributed by atoms with van der Waals surface area (Å²) in [5.41, 5.74) is 0. The van der Waals surface area contributed by atoms with E-state index in [0.717, 1.165) is 45.9 Å². The molecule has 2 N–H and O–H groups in total. The van der Waals surface area contributed by atoms with E-state index in [0.29, 0.717) is 12.1 Å². The lowest BCUT2D eigenvalue weighted by Gasteiger charge is -2.37. The number of halogens is 3. The maximum Gasteiger partial charge on any atom is 0.0619 e. The molecule has 0 unspecified atom stereocenters. The van der Waals surface area contributed by atoms with E-state index in [4.69, 9.17) is 4.74 Å². The Kier molecular flexibility index (Phi) is 12.5. The van der Waals surface area contributed by atoms with Crippen LogP contribution in [0.4, 0.5) is 0 Å². The quantitative estimate of drug-likeness (QED) is 0.780. The third-order valence-corrected chi connectivity index (χ3v) is 3.09. The molecule has 0 amide bonds. The Bertz CT molecular complexity index is 182. The summed E-state index contributed by atoms with van der Waals surface area (Å²) in [6, 6.07) is 1.19. The summed E-state index contributed by atoms with van der Waals surface area (Å²) in [6.07, 6.45) is 0. The molecule has 0 bridgehead atoms. The van der Waals surface area contributed by atoms with Gasteiger partial charge in [-0.05, 0) is 6.92 Å². The molecule has 4 nitrogen and oxygen atoms in total. The number of hydrogen-bond donors (Lipinski definition) is 2. The molecule has 0 aliphatic carbocycles. The molecule has 0 aromatic carbocycles. The molecule has 2 saturated heterocycles. The number of piperazine rings is 1. The summed E-state index contributed by atoms with van der Waals surface area (Å²) in [5.74, 6) is 0. The maximum absolute atomic E-state index is 5.42. The standard InChI is InChI=1S/C10H21N3O.3ClH/c1-9-8-14-5-4-13(9)7-10-6-11-2-3-12-10;;;/h9-12H,2-8H2,1H3;3*1H/t9-,10+;;;/m0.../s1. The van der Waals surface area contributed by atoms with Crippen LogP contribution in [0.25, 0.3) is 0 Å². The Morgan fingerprint density at radius 1 is 1.24 bits per heavy atom. The second-order valence-electron chi connectivity index (χ2n) is 4.27. The fourth-order valence-electron chi connectivity index (χ4n) is 2.16. The zero-order chi connectivity index (χ0) is 9.80. The van der Waals surface area contributed by atoms with Gasteiger partial charge in [-0.3, -0.25) is 4.90 Å². The Morgan fingerprint density at radius 3 is 2.59 bits per heavy atom. The van der Waals surface area contributed by atoms with Gasteiger partial charge in [-0.2, -0.15) is 0 Å². The van der Waals surface area contributed by atoms with E-state index in [-0.39, 0.29) is 37.2 Å². The fraction of sp³-hybridized carbons (Fsp3) is 1.00. The largest absolute Gasteiger partial charge is 0.379 e. The number of hydrogen-bond acceptors (Lipinski definition) is 4. The van der Waals surface area contributed by atoms with Crippen LogP contribution in [0.5, 0.6) is 0 Å². The number of ether oxygens (including phenoxy) is 1. The van der Waals surface area contributed by atoms with Gasteiger partial charge < -0.3 is 15.4 Å². The SMILES string of the molecule is C[C@H]1COCCN1C[C@H]1CNCCN1.Cl.Cl.Cl. The van der Waals surface area contributed by atoms with Crippen LogP contribution < -0.4 is 10.6 Å². The van der Waals surface area contributed by atoms with Gasteiger partial charge in [-0.1, -0.05) is 0 Å². The number of morpholine rings is 1. The first-order chi connectivity index (χ1) is 6.86. The molecule has 2 heterocycles. The molecule has 0 radical (unpaired) electrons. The Balaban J connectivity index is 0. The van der Waals surface area contributed by atoms with Crippen LogP contribution in [-0.4, -0.2) is 62.9 Å². The average molecular weight is 309 g/mol. The zero-order valence-electron chi connectivity index (χ0n) is 10.2. The molecule has 2 aliphatic rings. The van der Waals surface area contributed by atoms with Crippen LogP contribution in [0.1, 0.15) is 6.92 Å². The van der Waals surface area contributed by atoms with Crippen LogP contribution in [0, 0.1) is 0 Å². The molecule has 7 heteroatoms. The lowest BCUT2D eigenvalue weighted by molar-refractivity contribution is -0.00487. The Labute approximate surface area is 122 Å². The minimum atomic E-state index is 0. The number of nitrogens with zero attached hydrogens (tertiary/aromatic N) is 1. The minimum absolute atomic E-state index is 0. The predicted molar refractivity (Wildman–Crippen MR) is 78.3 cm³/mol. The molecule has 0 aromatic heterocycles. The molecule has 2 aliphatic heterocycles. The van der Waals surface area contributed by atoms with Crippen LogP contribution in [0.3, 0.4) is 0 Å². The monoisotopic (exact) mass is 307 g/mol. The van der Waals surface area contributed by atoms with E-state index in [2.05, 4.69) is 22.5 Å². The third kappa shape index (κ3) is 6.43.